The molecule has 1 unspecified atom stereocenters. The molecule has 2 heterocycles. The van der Waals surface area contributed by atoms with E-state index >= 15 is 0 Å². The summed E-state index contributed by atoms with van der Waals surface area (Å²) in [7, 11) is -3.65. The fourth-order valence-electron chi connectivity index (χ4n) is 3.75. The summed E-state index contributed by atoms with van der Waals surface area (Å²) in [5.41, 5.74) is 1.02. The van der Waals surface area contributed by atoms with Gasteiger partial charge in [0.1, 0.15) is 15.9 Å². The summed E-state index contributed by atoms with van der Waals surface area (Å²) in [6.07, 6.45) is 4.32. The number of carbonyl (C=O) groups excluding carboxylic acids is 1. The monoisotopic (exact) mass is 438 g/mol. The minimum atomic E-state index is -3.65. The Morgan fingerprint density at radius 1 is 1.21 bits per heavy atom. The maximum Gasteiger partial charge on any atom is 0.245 e. The normalized spacial score (nSPS) is 17.7. The van der Waals surface area contributed by atoms with Crippen molar-refractivity contribution >= 4 is 38.7 Å². The molecule has 0 spiro atoms. The van der Waals surface area contributed by atoms with E-state index in [2.05, 4.69) is 27.9 Å². The van der Waals surface area contributed by atoms with Crippen molar-refractivity contribution in [2.45, 2.75) is 63.8 Å². The Kier molecular flexibility index (Phi) is 7.23. The molecule has 160 valence electrons. The molecule has 29 heavy (non-hydrogen) atoms. The van der Waals surface area contributed by atoms with Crippen LogP contribution in [0.25, 0.3) is 11.0 Å². The molecule has 1 atom stereocenters. The molecule has 1 aliphatic rings. The molecule has 7 nitrogen and oxygen atoms in total. The fraction of sp³-hybridized carbons (Fsp3) is 0.650. The molecule has 0 aliphatic carbocycles. The summed E-state index contributed by atoms with van der Waals surface area (Å²) in [6.45, 7) is 7.14. The number of piperidine rings is 1. The summed E-state index contributed by atoms with van der Waals surface area (Å²) < 4.78 is 35.9. The second kappa shape index (κ2) is 9.49. The van der Waals surface area contributed by atoms with Crippen molar-refractivity contribution in [1.29, 1.82) is 0 Å². The van der Waals surface area contributed by atoms with Crippen LogP contribution in [0.3, 0.4) is 0 Å². The van der Waals surface area contributed by atoms with Gasteiger partial charge in [0.25, 0.3) is 0 Å². The number of rotatable bonds is 8. The summed E-state index contributed by atoms with van der Waals surface area (Å²) in [5, 5.41) is 3.11. The number of nitrogens with one attached hydrogen (secondary N) is 1. The zero-order valence-electron chi connectivity index (χ0n) is 17.3. The van der Waals surface area contributed by atoms with Crippen LogP contribution in [0, 0.1) is 11.8 Å². The Balaban J connectivity index is 1.56. The van der Waals surface area contributed by atoms with Crippen molar-refractivity contribution in [2.24, 2.45) is 11.8 Å². The van der Waals surface area contributed by atoms with E-state index in [9.17, 15) is 13.2 Å². The first-order chi connectivity index (χ1) is 13.8. The summed E-state index contributed by atoms with van der Waals surface area (Å²) in [5.74, 6) is 0.589. The average molecular weight is 439 g/mol. The first-order valence-electron chi connectivity index (χ1n) is 10.3. The lowest BCUT2D eigenvalue weighted by Gasteiger charge is -2.31. The molecule has 0 bridgehead atoms. The topological polar surface area (TPSA) is 92.3 Å². The Bertz CT molecular complexity index is 934. The summed E-state index contributed by atoms with van der Waals surface area (Å²) in [6, 6.07) is 5.18. The number of amides is 1. The van der Waals surface area contributed by atoms with Crippen molar-refractivity contribution in [3.05, 3.63) is 18.2 Å². The highest BCUT2D eigenvalue weighted by Crippen LogP contribution is 2.28. The number of carbonyl (C=O) groups is 1. The Labute approximate surface area is 177 Å². The minimum Gasteiger partial charge on any atom is -0.353 e. The van der Waals surface area contributed by atoms with Crippen molar-refractivity contribution in [3.63, 3.8) is 0 Å². The maximum absolute atomic E-state index is 13.1. The number of hydrogen-bond acceptors (Lipinski definition) is 6. The number of benzene rings is 1. The standard InChI is InChI=1S/C20H30N4O3S2/c1-14(2)6-4-7-15(3)21-20(25)16-10-12-24(13-11-16)29(26,27)18-9-5-8-17-19(18)23-28-22-17/h5,8-9,14-16H,4,6-7,10-13H2,1-3H3,(H,21,25). The Hall–Kier alpha value is -1.58. The number of aromatic nitrogens is 2. The van der Waals surface area contributed by atoms with Crippen LogP contribution in [0.2, 0.25) is 0 Å². The number of hydrogen-bond donors (Lipinski definition) is 1. The van der Waals surface area contributed by atoms with Crippen molar-refractivity contribution < 1.29 is 13.2 Å². The second-order valence-corrected chi connectivity index (χ2v) is 10.7. The summed E-state index contributed by atoms with van der Waals surface area (Å²) >= 11 is 1.01. The third-order valence-electron chi connectivity index (χ3n) is 5.50. The van der Waals surface area contributed by atoms with Gasteiger partial charge in [-0.1, -0.05) is 32.8 Å². The average Bonchev–Trinajstić information content (AvgIpc) is 3.16. The van der Waals surface area contributed by atoms with Crippen LogP contribution in [0.1, 0.15) is 52.9 Å². The third kappa shape index (κ3) is 5.32. The first-order valence-corrected chi connectivity index (χ1v) is 12.5. The molecule has 1 amide bonds. The van der Waals surface area contributed by atoms with Gasteiger partial charge >= 0.3 is 0 Å². The van der Waals surface area contributed by atoms with Crippen LogP contribution in [-0.4, -0.2) is 46.5 Å². The van der Waals surface area contributed by atoms with Crippen LogP contribution in [0.15, 0.2) is 23.1 Å². The highest BCUT2D eigenvalue weighted by Gasteiger charge is 2.33. The van der Waals surface area contributed by atoms with Crippen LogP contribution in [-0.2, 0) is 14.8 Å². The predicted octanol–water partition coefficient (Wildman–Crippen LogP) is 3.42. The van der Waals surface area contributed by atoms with Crippen molar-refractivity contribution in [3.8, 4) is 0 Å². The van der Waals surface area contributed by atoms with Gasteiger partial charge in [-0.15, -0.1) is 0 Å². The van der Waals surface area contributed by atoms with E-state index in [1.165, 1.54) is 4.31 Å². The SMILES string of the molecule is CC(C)CCCC(C)NC(=O)C1CCN(S(=O)(=O)c2cccc3nsnc23)CC1. The Morgan fingerprint density at radius 3 is 2.62 bits per heavy atom. The van der Waals surface area contributed by atoms with Gasteiger partial charge < -0.3 is 5.32 Å². The van der Waals surface area contributed by atoms with Gasteiger partial charge in [-0.05, 0) is 44.2 Å². The van der Waals surface area contributed by atoms with Crippen molar-refractivity contribution in [1.82, 2.24) is 18.4 Å². The molecule has 3 rings (SSSR count). The van der Waals surface area contributed by atoms with E-state index in [0.29, 0.717) is 42.9 Å². The molecule has 1 N–H and O–H groups in total. The zero-order chi connectivity index (χ0) is 21.0. The molecule has 1 aliphatic heterocycles. The molecule has 0 radical (unpaired) electrons. The summed E-state index contributed by atoms with van der Waals surface area (Å²) in [4.78, 5) is 12.8. The molecule has 1 aromatic carbocycles. The first kappa shape index (κ1) is 22.1. The van der Waals surface area contributed by atoms with Gasteiger partial charge in [-0.2, -0.15) is 13.1 Å². The van der Waals surface area contributed by atoms with Crippen LogP contribution in [0.5, 0.6) is 0 Å². The van der Waals surface area contributed by atoms with Gasteiger partial charge in [0.05, 0.1) is 11.7 Å². The molecule has 1 fully saturated rings. The molecular weight excluding hydrogens is 408 g/mol. The van der Waals surface area contributed by atoms with Crippen LogP contribution in [0.4, 0.5) is 0 Å². The van der Waals surface area contributed by atoms with E-state index in [1.807, 2.05) is 6.92 Å². The number of fused-ring (bicyclic) bond motifs is 1. The second-order valence-electron chi connectivity index (χ2n) is 8.30. The lowest BCUT2D eigenvalue weighted by molar-refractivity contribution is -0.126. The predicted molar refractivity (Wildman–Crippen MR) is 115 cm³/mol. The quantitative estimate of drug-likeness (QED) is 0.682. The van der Waals surface area contributed by atoms with Gasteiger partial charge in [0.15, 0.2) is 0 Å². The third-order valence-corrected chi connectivity index (χ3v) is 7.97. The maximum atomic E-state index is 13.1. The van der Waals surface area contributed by atoms with Gasteiger partial charge in [-0.25, -0.2) is 8.42 Å². The van der Waals surface area contributed by atoms with E-state index in [4.69, 9.17) is 0 Å². The van der Waals surface area contributed by atoms with Crippen LogP contribution < -0.4 is 5.32 Å². The van der Waals surface area contributed by atoms with E-state index < -0.39 is 10.0 Å². The van der Waals surface area contributed by atoms with Crippen LogP contribution >= 0.6 is 11.7 Å². The van der Waals surface area contributed by atoms with Crippen molar-refractivity contribution in [2.75, 3.05) is 13.1 Å². The van der Waals surface area contributed by atoms with Gasteiger partial charge in [0, 0.05) is 25.0 Å². The van der Waals surface area contributed by atoms with E-state index in [0.717, 1.165) is 31.0 Å². The smallest absolute Gasteiger partial charge is 0.245 e. The lowest BCUT2D eigenvalue weighted by atomic mass is 9.96. The molecule has 9 heteroatoms. The van der Waals surface area contributed by atoms with E-state index in [-0.39, 0.29) is 22.8 Å². The largest absolute Gasteiger partial charge is 0.353 e. The molecular formula is C20H30N4O3S2. The lowest BCUT2D eigenvalue weighted by Crippen LogP contribution is -2.44. The highest BCUT2D eigenvalue weighted by molar-refractivity contribution is 7.89. The number of sulfonamides is 1. The molecule has 1 saturated heterocycles. The number of nitrogens with zero attached hydrogens (tertiary/aromatic N) is 3. The van der Waals surface area contributed by atoms with E-state index in [1.54, 1.807) is 18.2 Å². The molecule has 1 aromatic heterocycles. The fourth-order valence-corrected chi connectivity index (χ4v) is 5.97. The molecule has 0 saturated carbocycles. The highest BCUT2D eigenvalue weighted by atomic mass is 32.2. The van der Waals surface area contributed by atoms with Gasteiger partial charge in [-0.3, -0.25) is 4.79 Å². The zero-order valence-corrected chi connectivity index (χ0v) is 18.9. The molecule has 2 aromatic rings. The van der Waals surface area contributed by atoms with Gasteiger partial charge in [0.2, 0.25) is 15.9 Å². The Morgan fingerprint density at radius 2 is 1.93 bits per heavy atom. The minimum absolute atomic E-state index is 0.0462.